The smallest absolute Gasteiger partial charge is 0.387 e. The molecule has 1 amide bonds. The van der Waals surface area contributed by atoms with Gasteiger partial charge in [-0.25, -0.2) is 4.57 Å². The summed E-state index contributed by atoms with van der Waals surface area (Å²) in [5, 5.41) is 13.9. The predicted molar refractivity (Wildman–Crippen MR) is 291 cm³/mol. The Morgan fingerprint density at radius 3 is 1.19 bits per heavy atom. The first-order valence-electron chi connectivity index (χ1n) is 28.9. The molecule has 396 valence electrons. The maximum absolute atomic E-state index is 12.9. The fourth-order valence-corrected chi connectivity index (χ4v) is 9.26. The van der Waals surface area contributed by atoms with Gasteiger partial charge >= 0.3 is 7.82 Å². The standard InChI is InChI=1S/C58H113N2O6P/c1-6-8-10-12-14-16-18-20-22-24-25-26-27-28-29-30-31-32-33-34-36-37-39-41-43-45-47-49-51-57(61)56(55-66-67(63,64)65-54-53-60(3,4)5)59-58(62)52-50-48-46-44-42-40-38-35-23-21-19-17-15-13-11-9-7-2/h21,23,41,43,49,51,56-57,61H,6-20,22,24-40,42,44-48,50,52-55H2,1-5H3,(H-,59,62,63,64)/p+1/b23-21-,43-41+,51-49+. The minimum Gasteiger partial charge on any atom is -0.387 e. The minimum absolute atomic E-state index is 0.0558. The van der Waals surface area contributed by atoms with Crippen molar-refractivity contribution in [1.29, 1.82) is 0 Å². The van der Waals surface area contributed by atoms with Gasteiger partial charge < -0.3 is 19.8 Å². The fourth-order valence-electron chi connectivity index (χ4n) is 8.53. The van der Waals surface area contributed by atoms with Gasteiger partial charge in [0.05, 0.1) is 39.9 Å². The number of quaternary nitrogens is 1. The molecule has 0 radical (unpaired) electrons. The molecule has 3 atom stereocenters. The Hall–Kier alpha value is -1.28. The molecule has 0 aromatic heterocycles. The van der Waals surface area contributed by atoms with Crippen molar-refractivity contribution >= 4 is 13.7 Å². The topological polar surface area (TPSA) is 105 Å². The van der Waals surface area contributed by atoms with Crippen LogP contribution in [0.15, 0.2) is 36.5 Å². The number of hydrogen-bond donors (Lipinski definition) is 3. The Bertz CT molecular complexity index is 1190. The van der Waals surface area contributed by atoms with Gasteiger partial charge in [-0.05, 0) is 57.8 Å². The molecule has 3 N–H and O–H groups in total. The van der Waals surface area contributed by atoms with Gasteiger partial charge in [-0.2, -0.15) is 0 Å². The molecular weight excluding hydrogens is 852 g/mol. The van der Waals surface area contributed by atoms with E-state index in [2.05, 4.69) is 43.5 Å². The average molecular weight is 967 g/mol. The van der Waals surface area contributed by atoms with Crippen LogP contribution in [-0.4, -0.2) is 73.4 Å². The molecular formula is C58H114N2O6P+. The van der Waals surface area contributed by atoms with E-state index in [9.17, 15) is 19.4 Å². The number of hydrogen-bond acceptors (Lipinski definition) is 5. The Morgan fingerprint density at radius 1 is 0.493 bits per heavy atom. The summed E-state index contributed by atoms with van der Waals surface area (Å²) in [4.78, 5) is 23.3. The van der Waals surface area contributed by atoms with E-state index >= 15 is 0 Å². The van der Waals surface area contributed by atoms with E-state index in [1.807, 2.05) is 27.2 Å². The molecule has 0 saturated carbocycles. The zero-order valence-corrected chi connectivity index (χ0v) is 46.0. The summed E-state index contributed by atoms with van der Waals surface area (Å²) < 4.78 is 23.7. The number of unbranched alkanes of at least 4 members (excludes halogenated alkanes) is 36. The van der Waals surface area contributed by atoms with E-state index in [-0.39, 0.29) is 19.1 Å². The Kier molecular flexibility index (Phi) is 48.7. The molecule has 0 rings (SSSR count). The molecule has 0 aliphatic carbocycles. The summed E-state index contributed by atoms with van der Waals surface area (Å²) in [6.45, 7) is 4.82. The van der Waals surface area contributed by atoms with Crippen LogP contribution in [0.3, 0.4) is 0 Å². The van der Waals surface area contributed by atoms with Gasteiger partial charge in [0.25, 0.3) is 0 Å². The molecule has 8 nitrogen and oxygen atoms in total. The first-order valence-corrected chi connectivity index (χ1v) is 30.4. The van der Waals surface area contributed by atoms with Crippen LogP contribution < -0.4 is 5.32 Å². The van der Waals surface area contributed by atoms with Crippen molar-refractivity contribution in [2.75, 3.05) is 40.9 Å². The van der Waals surface area contributed by atoms with Crippen LogP contribution in [0.5, 0.6) is 0 Å². The van der Waals surface area contributed by atoms with Crippen LogP contribution in [-0.2, 0) is 18.4 Å². The van der Waals surface area contributed by atoms with Crippen LogP contribution in [0, 0.1) is 0 Å². The van der Waals surface area contributed by atoms with E-state index < -0.39 is 20.0 Å². The first kappa shape index (κ1) is 65.7. The number of nitrogens with zero attached hydrogens (tertiary/aromatic N) is 1. The Morgan fingerprint density at radius 2 is 0.821 bits per heavy atom. The zero-order chi connectivity index (χ0) is 49.2. The van der Waals surface area contributed by atoms with Gasteiger partial charge in [0.1, 0.15) is 13.2 Å². The molecule has 0 aromatic carbocycles. The highest BCUT2D eigenvalue weighted by molar-refractivity contribution is 7.47. The van der Waals surface area contributed by atoms with Gasteiger partial charge in [0.15, 0.2) is 0 Å². The predicted octanol–water partition coefficient (Wildman–Crippen LogP) is 17.4. The number of carbonyl (C=O) groups excluding carboxylic acids is 1. The second-order valence-electron chi connectivity index (χ2n) is 21.0. The Balaban J connectivity index is 4.21. The van der Waals surface area contributed by atoms with E-state index in [0.717, 1.165) is 38.5 Å². The lowest BCUT2D eigenvalue weighted by atomic mass is 10.0. The molecule has 0 aliphatic rings. The lowest BCUT2D eigenvalue weighted by molar-refractivity contribution is -0.870. The highest BCUT2D eigenvalue weighted by Gasteiger charge is 2.27. The third-order valence-electron chi connectivity index (χ3n) is 13.1. The summed E-state index contributed by atoms with van der Waals surface area (Å²) in [7, 11) is 1.56. The lowest BCUT2D eigenvalue weighted by Crippen LogP contribution is -2.45. The number of likely N-dealkylation sites (N-methyl/N-ethyl adjacent to an activating group) is 1. The number of phosphoric ester groups is 1. The van der Waals surface area contributed by atoms with Crippen molar-refractivity contribution < 1.29 is 32.9 Å². The molecule has 0 aromatic rings. The molecule has 0 fully saturated rings. The molecule has 3 unspecified atom stereocenters. The van der Waals surface area contributed by atoms with Gasteiger partial charge in [-0.3, -0.25) is 13.8 Å². The molecule has 0 bridgehead atoms. The van der Waals surface area contributed by atoms with Gasteiger partial charge in [0.2, 0.25) is 5.91 Å². The van der Waals surface area contributed by atoms with E-state index in [0.29, 0.717) is 17.4 Å². The van der Waals surface area contributed by atoms with Crippen LogP contribution in [0.25, 0.3) is 0 Å². The number of phosphoric acid groups is 1. The quantitative estimate of drug-likeness (QED) is 0.0243. The number of amides is 1. The third kappa shape index (κ3) is 52.4. The van der Waals surface area contributed by atoms with Crippen molar-refractivity contribution in [2.45, 2.75) is 289 Å². The minimum atomic E-state index is -4.35. The highest BCUT2D eigenvalue weighted by Crippen LogP contribution is 2.43. The average Bonchev–Trinajstić information content (AvgIpc) is 3.29. The van der Waals surface area contributed by atoms with Crippen molar-refractivity contribution in [3.63, 3.8) is 0 Å². The summed E-state index contributed by atoms with van der Waals surface area (Å²) >= 11 is 0. The maximum Gasteiger partial charge on any atom is 0.472 e. The number of allylic oxidation sites excluding steroid dienone is 5. The number of aliphatic hydroxyl groups excluding tert-OH is 1. The summed E-state index contributed by atoms with van der Waals surface area (Å²) in [5.41, 5.74) is 0. The van der Waals surface area contributed by atoms with Crippen molar-refractivity contribution in [1.82, 2.24) is 5.32 Å². The lowest BCUT2D eigenvalue weighted by Gasteiger charge is -2.25. The molecule has 0 aliphatic heterocycles. The zero-order valence-electron chi connectivity index (χ0n) is 45.2. The normalized spacial score (nSPS) is 14.2. The second-order valence-corrected chi connectivity index (χ2v) is 22.5. The van der Waals surface area contributed by atoms with Gasteiger partial charge in [-0.1, -0.05) is 249 Å². The molecule has 0 spiro atoms. The maximum atomic E-state index is 12.9. The molecule has 9 heteroatoms. The van der Waals surface area contributed by atoms with E-state index in [1.54, 1.807) is 6.08 Å². The van der Waals surface area contributed by atoms with Gasteiger partial charge in [-0.15, -0.1) is 0 Å². The van der Waals surface area contributed by atoms with Crippen LogP contribution in [0.1, 0.15) is 277 Å². The number of aliphatic hydroxyl groups is 1. The van der Waals surface area contributed by atoms with Crippen molar-refractivity contribution in [3.05, 3.63) is 36.5 Å². The van der Waals surface area contributed by atoms with E-state index in [4.69, 9.17) is 9.05 Å². The van der Waals surface area contributed by atoms with Gasteiger partial charge in [0, 0.05) is 6.42 Å². The van der Waals surface area contributed by atoms with Crippen LogP contribution in [0.2, 0.25) is 0 Å². The van der Waals surface area contributed by atoms with Crippen molar-refractivity contribution in [3.8, 4) is 0 Å². The highest BCUT2D eigenvalue weighted by atomic mass is 31.2. The summed E-state index contributed by atoms with van der Waals surface area (Å²) in [6, 6.07) is -0.865. The van der Waals surface area contributed by atoms with Crippen LogP contribution >= 0.6 is 7.82 Å². The second kappa shape index (κ2) is 49.7. The molecule has 0 saturated heterocycles. The number of nitrogens with one attached hydrogen (secondary N) is 1. The SMILES string of the molecule is CCCCCCCC/C=C\CCCCCCCCCC(=O)NC(COP(=O)(O)OCC[N+](C)(C)C)C(O)/C=C/CC/C=C/CCCCCCCCCCCCCCCCCCCCCCCC. The fraction of sp³-hybridized carbons (Fsp3) is 0.879. The third-order valence-corrected chi connectivity index (χ3v) is 14.1. The Labute approximate surface area is 417 Å². The first-order chi connectivity index (χ1) is 32.5. The van der Waals surface area contributed by atoms with Crippen molar-refractivity contribution in [2.24, 2.45) is 0 Å². The largest absolute Gasteiger partial charge is 0.472 e. The number of rotatable bonds is 53. The number of carbonyl (C=O) groups is 1. The van der Waals surface area contributed by atoms with Crippen LogP contribution in [0.4, 0.5) is 0 Å². The summed E-state index contributed by atoms with van der Waals surface area (Å²) in [5.74, 6) is -0.189. The summed E-state index contributed by atoms with van der Waals surface area (Å²) in [6.07, 6.45) is 64.0. The monoisotopic (exact) mass is 966 g/mol. The van der Waals surface area contributed by atoms with E-state index in [1.165, 1.54) is 218 Å². The molecule has 67 heavy (non-hydrogen) atoms. The molecule has 0 heterocycles.